The number of H-pyrrole nitrogens is 1. The maximum absolute atomic E-state index is 14.3. The number of rotatable bonds is 2. The van der Waals surface area contributed by atoms with E-state index >= 15 is 0 Å². The number of aromatic amines is 1. The van der Waals surface area contributed by atoms with Gasteiger partial charge in [-0.2, -0.15) is 0 Å². The summed E-state index contributed by atoms with van der Waals surface area (Å²) in [6, 6.07) is 3.61. The molecule has 1 N–H and O–H groups in total. The van der Waals surface area contributed by atoms with Crippen LogP contribution < -0.4 is 0 Å². The number of nitrogens with zero attached hydrogens (tertiary/aromatic N) is 2. The zero-order valence-corrected chi connectivity index (χ0v) is 13.4. The Balaban J connectivity index is 2.12. The summed E-state index contributed by atoms with van der Waals surface area (Å²) in [5, 5.41) is 0. The van der Waals surface area contributed by atoms with Gasteiger partial charge in [-0.1, -0.05) is 11.6 Å². The van der Waals surface area contributed by atoms with Crippen molar-refractivity contribution in [2.45, 2.75) is 39.9 Å². The van der Waals surface area contributed by atoms with Crippen LogP contribution in [0.25, 0.3) is 11.0 Å². The third-order valence-corrected chi connectivity index (χ3v) is 4.47. The summed E-state index contributed by atoms with van der Waals surface area (Å²) in [4.78, 5) is 5.48. The van der Waals surface area contributed by atoms with E-state index in [1.54, 1.807) is 6.07 Å². The SMILES string of the molecule is CC(C)=CCN1Cc2c(F)ccc3[nH]c(=S)n(c23)C[C@@H]1C. The van der Waals surface area contributed by atoms with Crippen molar-refractivity contribution in [2.75, 3.05) is 6.54 Å². The van der Waals surface area contributed by atoms with Gasteiger partial charge >= 0.3 is 0 Å². The average Bonchev–Trinajstić information content (AvgIpc) is 2.64. The molecule has 112 valence electrons. The molecule has 3 rings (SSSR count). The molecule has 0 saturated heterocycles. The van der Waals surface area contributed by atoms with Crippen LogP contribution in [0.4, 0.5) is 4.39 Å². The van der Waals surface area contributed by atoms with E-state index in [9.17, 15) is 4.39 Å². The molecule has 2 heterocycles. The molecule has 1 aliphatic rings. The topological polar surface area (TPSA) is 24.0 Å². The van der Waals surface area contributed by atoms with Crippen LogP contribution in [-0.4, -0.2) is 27.0 Å². The number of aromatic nitrogens is 2. The van der Waals surface area contributed by atoms with E-state index in [4.69, 9.17) is 12.2 Å². The standard InChI is InChI=1S/C16H20FN3S/c1-10(2)6-7-19-9-12-13(17)4-5-14-15(12)20(8-11(19)3)16(21)18-14/h4-6,11H,7-9H2,1-3H3,(H,18,21)/t11-/m0/s1. The van der Waals surface area contributed by atoms with E-state index < -0.39 is 0 Å². The summed E-state index contributed by atoms with van der Waals surface area (Å²) in [5.41, 5.74) is 3.87. The summed E-state index contributed by atoms with van der Waals surface area (Å²) < 4.78 is 17.0. The molecular formula is C16H20FN3S. The monoisotopic (exact) mass is 305 g/mol. The Hall–Kier alpha value is -1.46. The predicted octanol–water partition coefficient (Wildman–Crippen LogP) is 4.01. The second-order valence-electron chi connectivity index (χ2n) is 6.02. The lowest BCUT2D eigenvalue weighted by atomic mass is 10.1. The Morgan fingerprint density at radius 1 is 1.48 bits per heavy atom. The minimum atomic E-state index is -0.151. The average molecular weight is 305 g/mol. The van der Waals surface area contributed by atoms with Crippen LogP contribution in [0.5, 0.6) is 0 Å². The maximum atomic E-state index is 14.3. The number of nitrogens with one attached hydrogen (secondary N) is 1. The zero-order chi connectivity index (χ0) is 15.1. The van der Waals surface area contributed by atoms with Crippen molar-refractivity contribution in [3.8, 4) is 0 Å². The molecule has 1 atom stereocenters. The number of halogens is 1. The van der Waals surface area contributed by atoms with Crippen LogP contribution in [0.3, 0.4) is 0 Å². The number of benzene rings is 1. The van der Waals surface area contributed by atoms with Crippen LogP contribution >= 0.6 is 12.2 Å². The third-order valence-electron chi connectivity index (χ3n) is 4.15. The van der Waals surface area contributed by atoms with Gasteiger partial charge in [-0.05, 0) is 45.1 Å². The summed E-state index contributed by atoms with van der Waals surface area (Å²) in [6.07, 6.45) is 2.19. The van der Waals surface area contributed by atoms with E-state index in [1.807, 2.05) is 4.57 Å². The van der Waals surface area contributed by atoms with E-state index in [0.29, 0.717) is 17.4 Å². The van der Waals surface area contributed by atoms with Crippen molar-refractivity contribution in [1.82, 2.24) is 14.5 Å². The highest BCUT2D eigenvalue weighted by Crippen LogP contribution is 2.27. The minimum Gasteiger partial charge on any atom is -0.331 e. The van der Waals surface area contributed by atoms with Crippen LogP contribution in [0.15, 0.2) is 23.8 Å². The highest BCUT2D eigenvalue weighted by Gasteiger charge is 2.24. The maximum Gasteiger partial charge on any atom is 0.178 e. The number of hydrogen-bond donors (Lipinski definition) is 1. The van der Waals surface area contributed by atoms with Crippen molar-refractivity contribution < 1.29 is 4.39 Å². The first-order chi connectivity index (χ1) is 9.97. The molecule has 21 heavy (non-hydrogen) atoms. The van der Waals surface area contributed by atoms with Crippen molar-refractivity contribution in [3.05, 3.63) is 39.9 Å². The Morgan fingerprint density at radius 2 is 2.24 bits per heavy atom. The van der Waals surface area contributed by atoms with Gasteiger partial charge in [0.1, 0.15) is 5.82 Å². The van der Waals surface area contributed by atoms with Gasteiger partial charge < -0.3 is 9.55 Å². The lowest BCUT2D eigenvalue weighted by Gasteiger charge is -2.26. The highest BCUT2D eigenvalue weighted by atomic mass is 32.1. The van der Waals surface area contributed by atoms with Crippen molar-refractivity contribution in [2.24, 2.45) is 0 Å². The van der Waals surface area contributed by atoms with Crippen LogP contribution in [0, 0.1) is 10.6 Å². The Labute approximate surface area is 129 Å². The van der Waals surface area contributed by atoms with Gasteiger partial charge in [-0.3, -0.25) is 4.90 Å². The second kappa shape index (κ2) is 5.39. The van der Waals surface area contributed by atoms with Gasteiger partial charge in [-0.25, -0.2) is 4.39 Å². The number of imidazole rings is 1. The van der Waals surface area contributed by atoms with Gasteiger partial charge in [0.15, 0.2) is 4.77 Å². The third kappa shape index (κ3) is 2.56. The van der Waals surface area contributed by atoms with E-state index in [-0.39, 0.29) is 5.82 Å². The Bertz CT molecular complexity index is 768. The van der Waals surface area contributed by atoms with Crippen LogP contribution in [0.2, 0.25) is 0 Å². The number of hydrogen-bond acceptors (Lipinski definition) is 2. The van der Waals surface area contributed by atoms with Gasteiger partial charge in [0.25, 0.3) is 0 Å². The minimum absolute atomic E-state index is 0.151. The van der Waals surface area contributed by atoms with Crippen molar-refractivity contribution in [3.63, 3.8) is 0 Å². The lowest BCUT2D eigenvalue weighted by Crippen LogP contribution is -2.34. The van der Waals surface area contributed by atoms with Gasteiger partial charge in [0.2, 0.25) is 0 Å². The molecule has 0 bridgehead atoms. The van der Waals surface area contributed by atoms with Gasteiger partial charge in [0, 0.05) is 31.2 Å². The molecule has 1 aliphatic heterocycles. The molecule has 0 fully saturated rings. The van der Waals surface area contributed by atoms with Gasteiger partial charge in [-0.15, -0.1) is 0 Å². The van der Waals surface area contributed by atoms with E-state index in [0.717, 1.165) is 29.7 Å². The van der Waals surface area contributed by atoms with Gasteiger partial charge in [0.05, 0.1) is 11.0 Å². The highest BCUT2D eigenvalue weighted by molar-refractivity contribution is 7.71. The normalized spacial score (nSPS) is 18.8. The fourth-order valence-corrected chi connectivity index (χ4v) is 3.19. The largest absolute Gasteiger partial charge is 0.331 e. The molecule has 1 aromatic heterocycles. The van der Waals surface area contributed by atoms with Crippen molar-refractivity contribution in [1.29, 1.82) is 0 Å². The Kier molecular flexibility index (Phi) is 3.71. The lowest BCUT2D eigenvalue weighted by molar-refractivity contribution is 0.208. The molecule has 0 radical (unpaired) electrons. The predicted molar refractivity (Wildman–Crippen MR) is 86.4 cm³/mol. The molecular weight excluding hydrogens is 285 g/mol. The van der Waals surface area contributed by atoms with E-state index in [1.165, 1.54) is 11.6 Å². The first kappa shape index (κ1) is 14.5. The molecule has 0 aliphatic carbocycles. The summed E-state index contributed by atoms with van der Waals surface area (Å²) >= 11 is 5.40. The molecule has 0 unspecified atom stereocenters. The number of allylic oxidation sites excluding steroid dienone is 1. The fourth-order valence-electron chi connectivity index (χ4n) is 2.91. The Morgan fingerprint density at radius 3 is 2.95 bits per heavy atom. The molecule has 5 heteroatoms. The summed E-state index contributed by atoms with van der Waals surface area (Å²) in [7, 11) is 0. The summed E-state index contributed by atoms with van der Waals surface area (Å²) in [6.45, 7) is 8.57. The van der Waals surface area contributed by atoms with Crippen molar-refractivity contribution >= 4 is 23.3 Å². The molecule has 1 aromatic carbocycles. The molecule has 0 spiro atoms. The quantitative estimate of drug-likeness (QED) is 0.669. The smallest absolute Gasteiger partial charge is 0.178 e. The molecule has 3 nitrogen and oxygen atoms in total. The molecule has 0 amide bonds. The first-order valence-corrected chi connectivity index (χ1v) is 7.65. The summed E-state index contributed by atoms with van der Waals surface area (Å²) in [5.74, 6) is -0.151. The molecule has 0 saturated carbocycles. The molecule has 2 aromatic rings. The zero-order valence-electron chi connectivity index (χ0n) is 12.6. The van der Waals surface area contributed by atoms with E-state index in [2.05, 4.69) is 36.7 Å². The van der Waals surface area contributed by atoms with Crippen LogP contribution in [-0.2, 0) is 13.1 Å². The fraction of sp³-hybridized carbons (Fsp3) is 0.438. The second-order valence-corrected chi connectivity index (χ2v) is 6.41. The first-order valence-electron chi connectivity index (χ1n) is 7.24. The van der Waals surface area contributed by atoms with Crippen LogP contribution in [0.1, 0.15) is 26.3 Å².